The van der Waals surface area contributed by atoms with Crippen LogP contribution in [0.5, 0.6) is 11.5 Å². The van der Waals surface area contributed by atoms with Crippen molar-refractivity contribution in [3.8, 4) is 11.5 Å². The molecule has 0 atom stereocenters. The van der Waals surface area contributed by atoms with Crippen molar-refractivity contribution in [2.24, 2.45) is 10.8 Å². The number of carbonyl (C=O) groups is 2. The van der Waals surface area contributed by atoms with Crippen LogP contribution < -0.4 is 9.47 Å². The molecule has 1 aliphatic heterocycles. The molecule has 230 valence electrons. The van der Waals surface area contributed by atoms with Crippen LogP contribution in [-0.4, -0.2) is 43.8 Å². The molecule has 0 spiro atoms. The minimum atomic E-state index is -0.512. The maximum atomic E-state index is 14.3. The first-order chi connectivity index (χ1) is 20.4. The zero-order chi connectivity index (χ0) is 31.1. The van der Waals surface area contributed by atoms with Crippen LogP contribution >= 0.6 is 15.9 Å². The van der Waals surface area contributed by atoms with Crippen molar-refractivity contribution in [2.75, 3.05) is 27.4 Å². The van der Waals surface area contributed by atoms with Crippen LogP contribution in [0, 0.1) is 16.6 Å². The predicted octanol–water partition coefficient (Wildman–Crippen LogP) is 7.90. The number of hydrogen-bond donors (Lipinski definition) is 0. The van der Waals surface area contributed by atoms with E-state index in [-0.39, 0.29) is 34.8 Å². The van der Waals surface area contributed by atoms with Gasteiger partial charge < -0.3 is 19.1 Å². The number of allylic oxidation sites excluding steroid dienone is 4. The van der Waals surface area contributed by atoms with E-state index in [1.165, 1.54) is 6.07 Å². The molecule has 2 aromatic rings. The second-order valence-electron chi connectivity index (χ2n) is 13.4. The first kappa shape index (κ1) is 31.5. The summed E-state index contributed by atoms with van der Waals surface area (Å²) in [7, 11) is 3.25. The molecular formula is C35H41BrFNO5. The molecule has 2 aliphatic carbocycles. The van der Waals surface area contributed by atoms with Gasteiger partial charge in [0.05, 0.1) is 11.6 Å². The van der Waals surface area contributed by atoms with Crippen LogP contribution in [0.25, 0.3) is 0 Å². The Labute approximate surface area is 262 Å². The lowest BCUT2D eigenvalue weighted by atomic mass is 9.63. The Morgan fingerprint density at radius 3 is 2.09 bits per heavy atom. The third-order valence-corrected chi connectivity index (χ3v) is 9.26. The number of ketones is 2. The van der Waals surface area contributed by atoms with E-state index in [0.29, 0.717) is 58.7 Å². The van der Waals surface area contributed by atoms with E-state index in [1.807, 2.05) is 12.1 Å². The Bertz CT molecular complexity index is 1450. The number of rotatable bonds is 9. The second kappa shape index (κ2) is 12.2. The molecular weight excluding hydrogens is 613 g/mol. The summed E-state index contributed by atoms with van der Waals surface area (Å²) in [6.07, 6.45) is 3.10. The van der Waals surface area contributed by atoms with Gasteiger partial charge in [-0.25, -0.2) is 4.39 Å². The third kappa shape index (κ3) is 6.32. The highest BCUT2D eigenvalue weighted by molar-refractivity contribution is 9.10. The highest BCUT2D eigenvalue weighted by Crippen LogP contribution is 2.55. The van der Waals surface area contributed by atoms with E-state index in [9.17, 15) is 14.0 Å². The lowest BCUT2D eigenvalue weighted by molar-refractivity contribution is -0.119. The Hall–Kier alpha value is -2.97. The number of ether oxygens (including phenoxy) is 3. The minimum Gasteiger partial charge on any atom is -0.493 e. The Balaban J connectivity index is 1.65. The molecule has 3 aliphatic rings. The fourth-order valence-corrected chi connectivity index (χ4v) is 7.40. The topological polar surface area (TPSA) is 65.1 Å². The number of methoxy groups -OCH3 is 2. The molecule has 0 amide bonds. The molecule has 0 bridgehead atoms. The van der Waals surface area contributed by atoms with Gasteiger partial charge in [0.2, 0.25) is 0 Å². The molecule has 8 heteroatoms. The molecule has 1 heterocycles. The van der Waals surface area contributed by atoms with Crippen LogP contribution in [0.1, 0.15) is 76.8 Å². The van der Waals surface area contributed by atoms with Gasteiger partial charge in [0.15, 0.2) is 23.1 Å². The molecule has 0 aromatic heterocycles. The number of carbonyl (C=O) groups excluding carboxylic acids is 2. The van der Waals surface area contributed by atoms with E-state index in [2.05, 4.69) is 48.5 Å². The summed E-state index contributed by atoms with van der Waals surface area (Å²) in [6, 6.07) is 10.3. The van der Waals surface area contributed by atoms with Crippen molar-refractivity contribution in [1.29, 1.82) is 0 Å². The van der Waals surface area contributed by atoms with Crippen LogP contribution in [0.2, 0.25) is 0 Å². The molecule has 0 fully saturated rings. The summed E-state index contributed by atoms with van der Waals surface area (Å²) in [4.78, 5) is 30.4. The molecule has 0 saturated carbocycles. The molecule has 6 nitrogen and oxygen atoms in total. The van der Waals surface area contributed by atoms with E-state index >= 15 is 0 Å². The number of hydrogen-bond acceptors (Lipinski definition) is 6. The number of Topliss-reactive ketones (excluding diaryl/α,β-unsaturated/α-hetero) is 2. The van der Waals surface area contributed by atoms with Crippen molar-refractivity contribution in [3.63, 3.8) is 0 Å². The van der Waals surface area contributed by atoms with Gasteiger partial charge in [0, 0.05) is 67.1 Å². The van der Waals surface area contributed by atoms with Gasteiger partial charge in [-0.3, -0.25) is 9.59 Å². The number of nitrogens with zero attached hydrogens (tertiary/aromatic N) is 1. The summed E-state index contributed by atoms with van der Waals surface area (Å²) in [6.45, 7) is 9.85. The van der Waals surface area contributed by atoms with Crippen molar-refractivity contribution in [3.05, 3.63) is 80.4 Å². The fourth-order valence-electron chi connectivity index (χ4n) is 6.83. The summed E-state index contributed by atoms with van der Waals surface area (Å²) in [5, 5.41) is 0. The van der Waals surface area contributed by atoms with Crippen molar-refractivity contribution in [2.45, 2.75) is 72.3 Å². The Morgan fingerprint density at radius 2 is 1.53 bits per heavy atom. The highest BCUT2D eigenvalue weighted by Gasteiger charge is 2.49. The van der Waals surface area contributed by atoms with Crippen LogP contribution in [-0.2, 0) is 20.9 Å². The zero-order valence-corrected chi connectivity index (χ0v) is 27.5. The highest BCUT2D eigenvalue weighted by atomic mass is 79.9. The van der Waals surface area contributed by atoms with Crippen LogP contribution in [0.15, 0.2) is 63.4 Å². The molecule has 0 N–H and O–H groups in total. The molecule has 0 unspecified atom stereocenters. The number of halogens is 2. The van der Waals surface area contributed by atoms with E-state index < -0.39 is 5.92 Å². The fraction of sp³-hybridized carbons (Fsp3) is 0.486. The van der Waals surface area contributed by atoms with E-state index in [0.717, 1.165) is 36.2 Å². The zero-order valence-electron chi connectivity index (χ0n) is 25.9. The van der Waals surface area contributed by atoms with Gasteiger partial charge in [0.1, 0.15) is 12.4 Å². The normalized spacial score (nSPS) is 19.9. The largest absolute Gasteiger partial charge is 0.493 e. The van der Waals surface area contributed by atoms with Gasteiger partial charge in [0.25, 0.3) is 0 Å². The molecule has 0 saturated heterocycles. The van der Waals surface area contributed by atoms with Crippen molar-refractivity contribution < 1.29 is 28.2 Å². The van der Waals surface area contributed by atoms with E-state index in [4.69, 9.17) is 14.2 Å². The minimum absolute atomic E-state index is 0.0204. The van der Waals surface area contributed by atoms with Gasteiger partial charge in [-0.05, 0) is 69.8 Å². The van der Waals surface area contributed by atoms with Gasteiger partial charge in [-0.1, -0.05) is 45.9 Å². The maximum Gasteiger partial charge on any atom is 0.175 e. The SMILES string of the molecule is COCCCN1C2=C(C(=O)CC(C)(C)C2)C(c2cc(Br)c(OCc3ccccc3F)c(OC)c2)C2=C1CC(C)(C)CC2=O. The summed E-state index contributed by atoms with van der Waals surface area (Å²) < 4.78 is 32.1. The smallest absolute Gasteiger partial charge is 0.175 e. The average Bonchev–Trinajstić information content (AvgIpc) is 2.92. The number of benzene rings is 2. The summed E-state index contributed by atoms with van der Waals surface area (Å²) >= 11 is 3.67. The lowest BCUT2D eigenvalue weighted by Gasteiger charge is -2.49. The quantitative estimate of drug-likeness (QED) is 0.256. The molecule has 43 heavy (non-hydrogen) atoms. The summed E-state index contributed by atoms with van der Waals surface area (Å²) in [5.41, 5.74) is 4.26. The van der Waals surface area contributed by atoms with Gasteiger partial charge in [-0.15, -0.1) is 0 Å². The Morgan fingerprint density at radius 1 is 0.930 bits per heavy atom. The Kier molecular flexibility index (Phi) is 8.92. The van der Waals surface area contributed by atoms with Crippen LogP contribution in [0.3, 0.4) is 0 Å². The molecule has 0 radical (unpaired) electrons. The van der Waals surface area contributed by atoms with Gasteiger partial charge >= 0.3 is 0 Å². The summed E-state index contributed by atoms with van der Waals surface area (Å²) in [5.74, 6) is 0.172. The molecule has 5 rings (SSSR count). The van der Waals surface area contributed by atoms with Gasteiger partial charge in [-0.2, -0.15) is 0 Å². The monoisotopic (exact) mass is 653 g/mol. The average molecular weight is 655 g/mol. The lowest BCUT2D eigenvalue weighted by Crippen LogP contribution is -2.44. The maximum absolute atomic E-state index is 14.3. The third-order valence-electron chi connectivity index (χ3n) is 8.67. The predicted molar refractivity (Wildman–Crippen MR) is 167 cm³/mol. The second-order valence-corrected chi connectivity index (χ2v) is 14.3. The van der Waals surface area contributed by atoms with Crippen molar-refractivity contribution >= 4 is 27.5 Å². The standard InChI is InChI=1S/C35H41BrFNO5/c1-34(2)16-25-31(27(39)18-34)30(32-26(38(25)12-9-13-41-5)17-35(3,4)19-28(32)40)22-14-23(36)33(29(15-22)42-6)43-20-21-10-7-8-11-24(21)37/h7-8,10-11,14-15,30H,9,12-13,16-20H2,1-6H3. The van der Waals surface area contributed by atoms with Crippen molar-refractivity contribution in [1.82, 2.24) is 4.90 Å². The first-order valence-corrected chi connectivity index (χ1v) is 15.7. The molecule has 2 aromatic carbocycles. The van der Waals surface area contributed by atoms with Crippen LogP contribution in [0.4, 0.5) is 4.39 Å². The van der Waals surface area contributed by atoms with E-state index in [1.54, 1.807) is 32.4 Å². The first-order valence-electron chi connectivity index (χ1n) is 14.9.